The Morgan fingerprint density at radius 1 is 0.556 bits per heavy atom. The molecule has 0 bridgehead atoms. The molecule has 108 valence electrons. The Kier molecular flexibility index (Phi) is 6.20. The first-order chi connectivity index (χ1) is 8.25. The van der Waals surface area contributed by atoms with Crippen LogP contribution in [0.5, 0.6) is 0 Å². The van der Waals surface area contributed by atoms with E-state index in [1.807, 2.05) is 0 Å². The van der Waals surface area contributed by atoms with Crippen LogP contribution in [-0.4, -0.2) is 76.6 Å². The van der Waals surface area contributed by atoms with Gasteiger partial charge in [0, 0.05) is 0 Å². The van der Waals surface area contributed by atoms with Gasteiger partial charge < -0.3 is 49.0 Å². The fraction of sp³-hybridized carbons (Fsp3) is 1.00. The average Bonchev–Trinajstić information content (AvgIpc) is 2.27. The van der Waals surface area contributed by atoms with E-state index >= 15 is 0 Å². The average molecular weight is 308 g/mol. The maximum Gasteiger partial charge on any atom is 0.327 e. The molecule has 0 aromatic heterocycles. The molecule has 6 unspecified atom stereocenters. The third-order valence-electron chi connectivity index (χ3n) is 2.48. The smallest absolute Gasteiger partial charge is 0.327 e. The second-order valence-corrected chi connectivity index (χ2v) is 5.04. The molecular weight excluding hydrogens is 294 g/mol. The van der Waals surface area contributed by atoms with Gasteiger partial charge in [0.05, 0.1) is 0 Å². The van der Waals surface area contributed by atoms with Gasteiger partial charge in [0.2, 0.25) is 0 Å². The van der Waals surface area contributed by atoms with Crippen molar-refractivity contribution in [2.24, 2.45) is 0 Å². The van der Waals surface area contributed by atoms with Crippen molar-refractivity contribution in [3.8, 4) is 0 Å². The van der Waals surface area contributed by atoms with Gasteiger partial charge in [-0.15, -0.1) is 0 Å². The summed E-state index contributed by atoms with van der Waals surface area (Å²) in [5.41, 5.74) is 0. The van der Waals surface area contributed by atoms with Crippen LogP contribution in [0.3, 0.4) is 0 Å². The van der Waals surface area contributed by atoms with E-state index in [2.05, 4.69) is 9.05 Å². The highest BCUT2D eigenvalue weighted by Gasteiger charge is 2.52. The molecule has 6 atom stereocenters. The monoisotopic (exact) mass is 308 g/mol. The molecule has 1 rings (SSSR count). The van der Waals surface area contributed by atoms with Gasteiger partial charge in [0.25, 0.3) is 0 Å². The maximum absolute atomic E-state index is 9.56. The summed E-state index contributed by atoms with van der Waals surface area (Å²) in [5.74, 6) is 0. The van der Waals surface area contributed by atoms with E-state index in [1.54, 1.807) is 0 Å². The standard InChI is InChI=1S/C6H14O10P2/c7-1-2(8)4(10)6(16-18(13)14)5(3(1)9)15-17(11)12/h1-14H. The molecule has 0 saturated heterocycles. The summed E-state index contributed by atoms with van der Waals surface area (Å²) in [6.07, 6.45) is -10.6. The Labute approximate surface area is 104 Å². The number of hydrogen-bond donors (Lipinski definition) is 8. The summed E-state index contributed by atoms with van der Waals surface area (Å²) in [7, 11) is -5.91. The lowest BCUT2D eigenvalue weighted by Gasteiger charge is -2.43. The summed E-state index contributed by atoms with van der Waals surface area (Å²) in [6, 6.07) is 0. The molecule has 0 amide bonds. The number of rotatable bonds is 4. The lowest BCUT2D eigenvalue weighted by molar-refractivity contribution is -0.212. The highest BCUT2D eigenvalue weighted by atomic mass is 31.2. The highest BCUT2D eigenvalue weighted by molar-refractivity contribution is 7.39. The van der Waals surface area contributed by atoms with Crippen LogP contribution in [0.25, 0.3) is 0 Å². The van der Waals surface area contributed by atoms with Gasteiger partial charge in [-0.25, -0.2) is 0 Å². The molecule has 0 heterocycles. The van der Waals surface area contributed by atoms with Crippen LogP contribution in [0, 0.1) is 0 Å². The zero-order valence-electron chi connectivity index (χ0n) is 8.75. The molecule has 18 heavy (non-hydrogen) atoms. The van der Waals surface area contributed by atoms with Crippen molar-refractivity contribution >= 4 is 17.2 Å². The predicted octanol–water partition coefficient (Wildman–Crippen LogP) is -3.36. The minimum absolute atomic E-state index is 1.65. The van der Waals surface area contributed by atoms with Crippen molar-refractivity contribution in [3.05, 3.63) is 0 Å². The SMILES string of the molecule is OC1C(O)C(O)C(OP(O)O)C(OP(O)O)C1O. The zero-order chi connectivity index (χ0) is 14.0. The lowest BCUT2D eigenvalue weighted by atomic mass is 9.85. The second kappa shape index (κ2) is 6.76. The van der Waals surface area contributed by atoms with Gasteiger partial charge in [-0.3, -0.25) is 0 Å². The molecular formula is C6H14O10P2. The molecule has 1 fully saturated rings. The van der Waals surface area contributed by atoms with Crippen LogP contribution < -0.4 is 0 Å². The zero-order valence-corrected chi connectivity index (χ0v) is 10.5. The van der Waals surface area contributed by atoms with E-state index in [-0.39, 0.29) is 0 Å². The molecule has 0 radical (unpaired) electrons. The number of aliphatic hydroxyl groups excluding tert-OH is 4. The van der Waals surface area contributed by atoms with Crippen molar-refractivity contribution in [2.75, 3.05) is 0 Å². The van der Waals surface area contributed by atoms with E-state index in [4.69, 9.17) is 19.6 Å². The van der Waals surface area contributed by atoms with Gasteiger partial charge in [-0.05, 0) is 0 Å². The molecule has 12 heteroatoms. The Morgan fingerprint density at radius 3 is 1.06 bits per heavy atom. The van der Waals surface area contributed by atoms with Gasteiger partial charge in [-0.2, -0.15) is 0 Å². The minimum atomic E-state index is -2.95. The first kappa shape index (κ1) is 16.5. The number of aliphatic hydroxyl groups is 4. The fourth-order valence-corrected chi connectivity index (χ4v) is 2.57. The molecule has 0 aromatic carbocycles. The van der Waals surface area contributed by atoms with Crippen LogP contribution in [0.1, 0.15) is 0 Å². The van der Waals surface area contributed by atoms with Crippen molar-refractivity contribution in [1.29, 1.82) is 0 Å². The van der Waals surface area contributed by atoms with E-state index in [1.165, 1.54) is 0 Å². The van der Waals surface area contributed by atoms with Crippen molar-refractivity contribution in [3.63, 3.8) is 0 Å². The molecule has 0 aromatic rings. The summed E-state index contributed by atoms with van der Waals surface area (Å²) in [5, 5.41) is 37.9. The molecule has 0 aliphatic heterocycles. The second-order valence-electron chi connectivity index (χ2n) is 3.61. The quantitative estimate of drug-likeness (QED) is 0.244. The molecule has 1 aliphatic rings. The van der Waals surface area contributed by atoms with Crippen LogP contribution in [0.15, 0.2) is 0 Å². The predicted molar refractivity (Wildman–Crippen MR) is 56.5 cm³/mol. The van der Waals surface area contributed by atoms with Gasteiger partial charge in [-0.1, -0.05) is 0 Å². The highest BCUT2D eigenvalue weighted by Crippen LogP contribution is 2.39. The van der Waals surface area contributed by atoms with Gasteiger partial charge >= 0.3 is 17.2 Å². The summed E-state index contributed by atoms with van der Waals surface area (Å²) in [4.78, 5) is 34.8. The van der Waals surface area contributed by atoms with Crippen molar-refractivity contribution in [2.45, 2.75) is 36.6 Å². The van der Waals surface area contributed by atoms with Crippen LogP contribution in [-0.2, 0) is 9.05 Å². The first-order valence-corrected chi connectivity index (χ1v) is 7.00. The Morgan fingerprint density at radius 2 is 0.833 bits per heavy atom. The molecule has 10 nitrogen and oxygen atoms in total. The molecule has 8 N–H and O–H groups in total. The Bertz CT molecular complexity index is 239. The summed E-state index contributed by atoms with van der Waals surface area (Å²) in [6.45, 7) is 0. The van der Waals surface area contributed by atoms with Crippen molar-refractivity contribution < 1.29 is 49.0 Å². The summed E-state index contributed by atoms with van der Waals surface area (Å²) < 4.78 is 8.93. The van der Waals surface area contributed by atoms with E-state index < -0.39 is 53.8 Å². The van der Waals surface area contributed by atoms with Gasteiger partial charge in [0.1, 0.15) is 36.6 Å². The third-order valence-corrected chi connectivity index (χ3v) is 3.34. The van der Waals surface area contributed by atoms with Crippen LogP contribution in [0.2, 0.25) is 0 Å². The third kappa shape index (κ3) is 3.73. The Balaban J connectivity index is 2.90. The normalized spacial score (nSPS) is 41.7. The first-order valence-electron chi connectivity index (χ1n) is 4.67. The van der Waals surface area contributed by atoms with E-state index in [0.717, 1.165) is 0 Å². The largest absolute Gasteiger partial charge is 0.387 e. The fourth-order valence-electron chi connectivity index (χ4n) is 1.64. The summed E-state index contributed by atoms with van der Waals surface area (Å²) >= 11 is 0. The topological polar surface area (TPSA) is 180 Å². The number of hydrogen-bond acceptors (Lipinski definition) is 10. The molecule has 0 spiro atoms. The van der Waals surface area contributed by atoms with E-state index in [9.17, 15) is 20.4 Å². The van der Waals surface area contributed by atoms with Crippen LogP contribution >= 0.6 is 17.2 Å². The minimum Gasteiger partial charge on any atom is -0.387 e. The molecule has 1 aliphatic carbocycles. The van der Waals surface area contributed by atoms with Crippen LogP contribution in [0.4, 0.5) is 0 Å². The van der Waals surface area contributed by atoms with E-state index in [0.29, 0.717) is 0 Å². The van der Waals surface area contributed by atoms with Gasteiger partial charge in [0.15, 0.2) is 0 Å². The Hall–Kier alpha value is 0.460. The van der Waals surface area contributed by atoms with Crippen molar-refractivity contribution in [1.82, 2.24) is 0 Å². The molecule has 1 saturated carbocycles. The lowest BCUT2D eigenvalue weighted by Crippen LogP contribution is -2.64. The maximum atomic E-state index is 9.56.